The molecular weight excluding hydrogens is 240 g/mol. The van der Waals surface area contributed by atoms with E-state index in [-0.39, 0.29) is 6.04 Å². The smallest absolute Gasteiger partial charge is 0.203 e. The lowest BCUT2D eigenvalue weighted by atomic mass is 10.1. The molecule has 5 heteroatoms. The van der Waals surface area contributed by atoms with E-state index in [2.05, 4.69) is 46.9 Å². The summed E-state index contributed by atoms with van der Waals surface area (Å²) < 4.78 is 7.49. The molecule has 0 aromatic carbocycles. The van der Waals surface area contributed by atoms with Crippen LogP contribution in [0.15, 0.2) is 6.20 Å². The van der Waals surface area contributed by atoms with Gasteiger partial charge >= 0.3 is 0 Å². The lowest BCUT2D eigenvalue weighted by Gasteiger charge is -2.31. The van der Waals surface area contributed by atoms with E-state index in [0.29, 0.717) is 12.6 Å². The number of likely N-dealkylation sites (tertiary alicyclic amines) is 1. The van der Waals surface area contributed by atoms with Gasteiger partial charge in [0.05, 0.1) is 12.3 Å². The van der Waals surface area contributed by atoms with Gasteiger partial charge in [-0.1, -0.05) is 0 Å². The summed E-state index contributed by atoms with van der Waals surface area (Å²) in [5.41, 5.74) is 1.08. The Hall–Kier alpha value is -1.07. The number of rotatable bonds is 5. The summed E-state index contributed by atoms with van der Waals surface area (Å²) in [4.78, 5) is 7.00. The van der Waals surface area contributed by atoms with E-state index >= 15 is 0 Å². The molecule has 108 valence electrons. The molecule has 1 saturated heterocycles. The standard InChI is InChI=1S/C14H26N4O/c1-11-9-18(13-5-7-17(3)8-6-13)14(15-11)16-12(2)10-19-4/h9,12-13H,5-8,10H2,1-4H3,(H,15,16). The number of anilines is 1. The first-order valence-corrected chi connectivity index (χ1v) is 7.09. The van der Waals surface area contributed by atoms with Gasteiger partial charge in [-0.3, -0.25) is 0 Å². The first-order valence-electron chi connectivity index (χ1n) is 7.09. The fourth-order valence-electron chi connectivity index (χ4n) is 2.69. The number of aryl methyl sites for hydroxylation is 1. The average molecular weight is 266 g/mol. The zero-order valence-electron chi connectivity index (χ0n) is 12.5. The van der Waals surface area contributed by atoms with Gasteiger partial charge in [0.1, 0.15) is 0 Å². The Morgan fingerprint density at radius 3 is 2.79 bits per heavy atom. The number of nitrogens with zero attached hydrogens (tertiary/aromatic N) is 3. The van der Waals surface area contributed by atoms with E-state index in [1.165, 1.54) is 12.8 Å². The predicted octanol–water partition coefficient (Wildman–Crippen LogP) is 1.91. The molecule has 0 spiro atoms. The normalized spacial score (nSPS) is 19.6. The largest absolute Gasteiger partial charge is 0.383 e. The Balaban J connectivity index is 2.07. The SMILES string of the molecule is COCC(C)Nc1nc(C)cn1C1CCN(C)CC1. The van der Waals surface area contributed by atoms with Gasteiger partial charge in [0.25, 0.3) is 0 Å². The number of hydrogen-bond acceptors (Lipinski definition) is 4. The molecule has 0 bridgehead atoms. The fraction of sp³-hybridized carbons (Fsp3) is 0.786. The maximum atomic E-state index is 5.18. The van der Waals surface area contributed by atoms with Crippen molar-refractivity contribution in [3.05, 3.63) is 11.9 Å². The van der Waals surface area contributed by atoms with Crippen LogP contribution < -0.4 is 5.32 Å². The second-order valence-corrected chi connectivity index (χ2v) is 5.65. The Kier molecular flexibility index (Phi) is 4.82. The number of methoxy groups -OCH3 is 1. The van der Waals surface area contributed by atoms with Crippen molar-refractivity contribution in [1.29, 1.82) is 0 Å². The summed E-state index contributed by atoms with van der Waals surface area (Å²) in [6, 6.07) is 0.839. The van der Waals surface area contributed by atoms with Crippen molar-refractivity contribution in [3.8, 4) is 0 Å². The van der Waals surface area contributed by atoms with E-state index in [1.807, 2.05) is 0 Å². The molecule has 1 unspecified atom stereocenters. The molecule has 19 heavy (non-hydrogen) atoms. The first kappa shape index (κ1) is 14.3. The van der Waals surface area contributed by atoms with E-state index < -0.39 is 0 Å². The van der Waals surface area contributed by atoms with Crippen molar-refractivity contribution in [1.82, 2.24) is 14.5 Å². The minimum atomic E-state index is 0.275. The second-order valence-electron chi connectivity index (χ2n) is 5.65. The van der Waals surface area contributed by atoms with Crippen LogP contribution in [0.2, 0.25) is 0 Å². The Bertz CT molecular complexity index is 396. The third-order valence-electron chi connectivity index (χ3n) is 3.73. The molecule has 2 heterocycles. The van der Waals surface area contributed by atoms with Crippen molar-refractivity contribution < 1.29 is 4.74 Å². The third-order valence-corrected chi connectivity index (χ3v) is 3.73. The second kappa shape index (κ2) is 6.39. The van der Waals surface area contributed by atoms with Crippen LogP contribution in [-0.2, 0) is 4.74 Å². The minimum absolute atomic E-state index is 0.275. The molecule has 1 fully saturated rings. The van der Waals surface area contributed by atoms with Crippen molar-refractivity contribution >= 4 is 5.95 Å². The number of aromatic nitrogens is 2. The number of ether oxygens (including phenoxy) is 1. The highest BCUT2D eigenvalue weighted by molar-refractivity contribution is 5.31. The van der Waals surface area contributed by atoms with E-state index in [9.17, 15) is 0 Å². The topological polar surface area (TPSA) is 42.3 Å². The number of imidazole rings is 1. The molecule has 5 nitrogen and oxygen atoms in total. The van der Waals surface area contributed by atoms with Gasteiger partial charge in [0, 0.05) is 25.4 Å². The van der Waals surface area contributed by atoms with Gasteiger partial charge in [0.15, 0.2) is 0 Å². The molecule has 0 radical (unpaired) electrons. The number of hydrogen-bond donors (Lipinski definition) is 1. The highest BCUT2D eigenvalue weighted by atomic mass is 16.5. The van der Waals surface area contributed by atoms with Crippen molar-refractivity contribution in [3.63, 3.8) is 0 Å². The summed E-state index contributed by atoms with van der Waals surface area (Å²) >= 11 is 0. The van der Waals surface area contributed by atoms with Crippen molar-refractivity contribution in [2.24, 2.45) is 0 Å². The van der Waals surface area contributed by atoms with Gasteiger partial charge < -0.3 is 19.5 Å². The van der Waals surface area contributed by atoms with Crippen LogP contribution in [0.25, 0.3) is 0 Å². The molecule has 2 rings (SSSR count). The van der Waals surface area contributed by atoms with E-state index in [1.54, 1.807) is 7.11 Å². The Morgan fingerprint density at radius 2 is 2.16 bits per heavy atom. The summed E-state index contributed by atoms with van der Waals surface area (Å²) in [5, 5.41) is 3.45. The molecule has 1 aromatic heterocycles. The molecule has 1 atom stereocenters. The fourth-order valence-corrected chi connectivity index (χ4v) is 2.69. The van der Waals surface area contributed by atoms with Gasteiger partial charge in [-0.25, -0.2) is 4.98 Å². The maximum Gasteiger partial charge on any atom is 0.203 e. The van der Waals surface area contributed by atoms with Gasteiger partial charge in [-0.15, -0.1) is 0 Å². The monoisotopic (exact) mass is 266 g/mol. The Labute approximate surface area is 116 Å². The molecule has 1 N–H and O–H groups in total. The molecule has 1 aliphatic heterocycles. The number of piperidine rings is 1. The lowest BCUT2D eigenvalue weighted by molar-refractivity contribution is 0.189. The highest BCUT2D eigenvalue weighted by Gasteiger charge is 2.21. The van der Waals surface area contributed by atoms with Gasteiger partial charge in [-0.2, -0.15) is 0 Å². The van der Waals surface area contributed by atoms with Crippen LogP contribution in [0, 0.1) is 6.92 Å². The van der Waals surface area contributed by atoms with Crippen LogP contribution in [0.1, 0.15) is 31.5 Å². The van der Waals surface area contributed by atoms with Crippen LogP contribution in [0.5, 0.6) is 0 Å². The summed E-state index contributed by atoms with van der Waals surface area (Å²) in [5.74, 6) is 0.983. The lowest BCUT2D eigenvalue weighted by Crippen LogP contribution is -2.32. The minimum Gasteiger partial charge on any atom is -0.383 e. The third kappa shape index (κ3) is 3.70. The molecule has 0 aliphatic carbocycles. The summed E-state index contributed by atoms with van der Waals surface area (Å²) in [7, 11) is 3.92. The maximum absolute atomic E-state index is 5.18. The molecule has 0 amide bonds. The average Bonchev–Trinajstić information content (AvgIpc) is 2.71. The first-order chi connectivity index (χ1) is 9.10. The zero-order valence-corrected chi connectivity index (χ0v) is 12.5. The van der Waals surface area contributed by atoms with Crippen LogP contribution >= 0.6 is 0 Å². The van der Waals surface area contributed by atoms with Crippen molar-refractivity contribution in [2.75, 3.05) is 39.2 Å². The van der Waals surface area contributed by atoms with Crippen LogP contribution in [0.3, 0.4) is 0 Å². The van der Waals surface area contributed by atoms with Crippen LogP contribution in [0.4, 0.5) is 5.95 Å². The van der Waals surface area contributed by atoms with Crippen LogP contribution in [-0.4, -0.2) is 54.3 Å². The molecule has 1 aliphatic rings. The van der Waals surface area contributed by atoms with E-state index in [0.717, 1.165) is 24.7 Å². The van der Waals surface area contributed by atoms with E-state index in [4.69, 9.17) is 4.74 Å². The quantitative estimate of drug-likeness (QED) is 0.884. The van der Waals surface area contributed by atoms with Gasteiger partial charge in [-0.05, 0) is 46.8 Å². The molecular formula is C14H26N4O. The molecule has 0 saturated carbocycles. The number of nitrogens with one attached hydrogen (secondary N) is 1. The van der Waals surface area contributed by atoms with Gasteiger partial charge in [0.2, 0.25) is 5.95 Å². The Morgan fingerprint density at radius 1 is 1.47 bits per heavy atom. The summed E-state index contributed by atoms with van der Waals surface area (Å²) in [6.45, 7) is 7.19. The molecule has 1 aromatic rings. The van der Waals surface area contributed by atoms with Crippen molar-refractivity contribution in [2.45, 2.75) is 38.8 Å². The summed E-state index contributed by atoms with van der Waals surface area (Å²) in [6.07, 6.45) is 4.55. The zero-order chi connectivity index (χ0) is 13.8. The predicted molar refractivity (Wildman–Crippen MR) is 77.7 cm³/mol. The highest BCUT2D eigenvalue weighted by Crippen LogP contribution is 2.26.